The van der Waals surface area contributed by atoms with Gasteiger partial charge in [0.1, 0.15) is 5.69 Å². The summed E-state index contributed by atoms with van der Waals surface area (Å²) >= 11 is 0. The quantitative estimate of drug-likeness (QED) is 0.601. The van der Waals surface area contributed by atoms with Crippen molar-refractivity contribution in [2.24, 2.45) is 5.73 Å². The number of carbonyl (C=O) groups excluding carboxylic acids is 1. The van der Waals surface area contributed by atoms with Crippen molar-refractivity contribution in [3.8, 4) is 0 Å². The average Bonchev–Trinajstić information content (AvgIpc) is 2.68. The van der Waals surface area contributed by atoms with E-state index >= 15 is 0 Å². The highest BCUT2D eigenvalue weighted by Gasteiger charge is 2.20. The van der Waals surface area contributed by atoms with E-state index in [0.717, 1.165) is 0 Å². The average molecular weight is 254 g/mol. The summed E-state index contributed by atoms with van der Waals surface area (Å²) in [5.41, 5.74) is 5.42. The summed E-state index contributed by atoms with van der Waals surface area (Å²) in [6, 6.07) is 1.27. The van der Waals surface area contributed by atoms with Crippen LogP contribution < -0.4 is 11.1 Å². The van der Waals surface area contributed by atoms with Crippen LogP contribution in [0.5, 0.6) is 0 Å². The maximum Gasteiger partial charge on any atom is 0.287 e. The van der Waals surface area contributed by atoms with Crippen LogP contribution in [0.3, 0.4) is 0 Å². The molecule has 7 nitrogen and oxygen atoms in total. The molecule has 0 radical (unpaired) electrons. The Labute approximate surface area is 105 Å². The molecule has 1 aromatic heterocycles. The highest BCUT2D eigenvalue weighted by molar-refractivity contribution is 5.93. The van der Waals surface area contributed by atoms with Gasteiger partial charge in [0, 0.05) is 24.7 Å². The van der Waals surface area contributed by atoms with E-state index in [4.69, 9.17) is 5.73 Å². The highest BCUT2D eigenvalue weighted by Crippen LogP contribution is 2.16. The standard InChI is InChI=1S/C11H18N4O3/c1-4-14-6-8(15(17)18)5-9(14)10(16)13-7-11(2,3)12/h5-6H,4,7,12H2,1-3H3,(H,13,16). The van der Waals surface area contributed by atoms with Crippen molar-refractivity contribution in [2.45, 2.75) is 32.9 Å². The van der Waals surface area contributed by atoms with Gasteiger partial charge in [-0.2, -0.15) is 0 Å². The number of nitrogens with one attached hydrogen (secondary N) is 1. The molecule has 1 heterocycles. The Morgan fingerprint density at radius 2 is 2.22 bits per heavy atom. The van der Waals surface area contributed by atoms with Gasteiger partial charge in [0.2, 0.25) is 0 Å². The van der Waals surface area contributed by atoms with E-state index in [2.05, 4.69) is 5.32 Å². The SMILES string of the molecule is CCn1cc([N+](=O)[O-])cc1C(=O)NCC(C)(C)N. The number of nitro groups is 1. The number of nitrogens with zero attached hydrogens (tertiary/aromatic N) is 2. The molecular weight excluding hydrogens is 236 g/mol. The normalized spacial score (nSPS) is 11.3. The Morgan fingerprint density at radius 1 is 1.61 bits per heavy atom. The van der Waals surface area contributed by atoms with E-state index < -0.39 is 10.5 Å². The summed E-state index contributed by atoms with van der Waals surface area (Å²) in [5.74, 6) is -0.358. The summed E-state index contributed by atoms with van der Waals surface area (Å²) in [5, 5.41) is 13.3. The van der Waals surface area contributed by atoms with Gasteiger partial charge < -0.3 is 15.6 Å². The zero-order chi connectivity index (χ0) is 13.9. The largest absolute Gasteiger partial charge is 0.349 e. The lowest BCUT2D eigenvalue weighted by Crippen LogP contribution is -2.45. The number of hydrogen-bond acceptors (Lipinski definition) is 4. The van der Waals surface area contributed by atoms with E-state index in [1.54, 1.807) is 13.8 Å². The van der Waals surface area contributed by atoms with E-state index in [-0.39, 0.29) is 17.3 Å². The predicted octanol–water partition coefficient (Wildman–Crippen LogP) is 0.883. The zero-order valence-corrected chi connectivity index (χ0v) is 10.8. The molecule has 0 aliphatic carbocycles. The summed E-state index contributed by atoms with van der Waals surface area (Å²) in [4.78, 5) is 22.0. The Bertz CT molecular complexity index is 459. The molecule has 0 bridgehead atoms. The van der Waals surface area contributed by atoms with Crippen molar-refractivity contribution in [1.29, 1.82) is 0 Å². The van der Waals surface area contributed by atoms with E-state index in [1.807, 2.05) is 6.92 Å². The topological polar surface area (TPSA) is 103 Å². The molecule has 0 fully saturated rings. The number of amides is 1. The molecule has 1 rings (SSSR count). The molecule has 0 aliphatic heterocycles. The van der Waals surface area contributed by atoms with Gasteiger partial charge in [-0.1, -0.05) is 0 Å². The molecule has 0 spiro atoms. The lowest BCUT2D eigenvalue weighted by atomic mass is 10.1. The molecular formula is C11H18N4O3. The minimum Gasteiger partial charge on any atom is -0.349 e. The van der Waals surface area contributed by atoms with Crippen molar-refractivity contribution in [1.82, 2.24) is 9.88 Å². The van der Waals surface area contributed by atoms with E-state index in [1.165, 1.54) is 16.8 Å². The highest BCUT2D eigenvalue weighted by atomic mass is 16.6. The number of hydrogen-bond donors (Lipinski definition) is 2. The van der Waals surface area contributed by atoms with Crippen molar-refractivity contribution < 1.29 is 9.72 Å². The molecule has 1 aromatic rings. The maximum atomic E-state index is 11.9. The van der Waals surface area contributed by atoms with Gasteiger partial charge in [0.15, 0.2) is 0 Å². The van der Waals surface area contributed by atoms with Crippen LogP contribution in [0.4, 0.5) is 5.69 Å². The van der Waals surface area contributed by atoms with Gasteiger partial charge in [-0.15, -0.1) is 0 Å². The third-order valence-corrected chi connectivity index (χ3v) is 2.37. The van der Waals surface area contributed by atoms with Gasteiger partial charge in [-0.3, -0.25) is 14.9 Å². The summed E-state index contributed by atoms with van der Waals surface area (Å²) in [7, 11) is 0. The lowest BCUT2D eigenvalue weighted by molar-refractivity contribution is -0.384. The number of aryl methyl sites for hydroxylation is 1. The number of carbonyl (C=O) groups is 1. The first-order chi connectivity index (χ1) is 8.24. The van der Waals surface area contributed by atoms with Crippen LogP contribution in [0.15, 0.2) is 12.3 Å². The summed E-state index contributed by atoms with van der Waals surface area (Å²) < 4.78 is 1.54. The number of rotatable bonds is 5. The second kappa shape index (κ2) is 5.18. The van der Waals surface area contributed by atoms with E-state index in [9.17, 15) is 14.9 Å². The molecule has 0 atom stereocenters. The van der Waals surface area contributed by atoms with Crippen molar-refractivity contribution >= 4 is 11.6 Å². The molecule has 1 amide bonds. The summed E-state index contributed by atoms with van der Waals surface area (Å²) in [6.45, 7) is 6.17. The van der Waals surface area contributed by atoms with Gasteiger partial charge in [-0.25, -0.2) is 0 Å². The van der Waals surface area contributed by atoms with Gasteiger partial charge in [0.25, 0.3) is 11.6 Å². The first kappa shape index (κ1) is 14.2. The third kappa shape index (κ3) is 3.56. The first-order valence-electron chi connectivity index (χ1n) is 5.66. The molecule has 7 heteroatoms. The van der Waals surface area contributed by atoms with Crippen LogP contribution in [0.2, 0.25) is 0 Å². The second-order valence-electron chi connectivity index (χ2n) is 4.80. The molecule has 0 aromatic carbocycles. The Kier molecular flexibility index (Phi) is 4.07. The predicted molar refractivity (Wildman–Crippen MR) is 67.4 cm³/mol. The van der Waals surface area contributed by atoms with Crippen LogP contribution in [0, 0.1) is 10.1 Å². The van der Waals surface area contributed by atoms with E-state index in [0.29, 0.717) is 13.1 Å². The number of nitrogens with two attached hydrogens (primary N) is 1. The van der Waals surface area contributed by atoms with Crippen molar-refractivity contribution in [3.63, 3.8) is 0 Å². The van der Waals surface area contributed by atoms with Crippen LogP contribution in [0.25, 0.3) is 0 Å². The van der Waals surface area contributed by atoms with Gasteiger partial charge in [-0.05, 0) is 20.8 Å². The number of aromatic nitrogens is 1. The first-order valence-corrected chi connectivity index (χ1v) is 5.66. The maximum absolute atomic E-state index is 11.9. The molecule has 100 valence electrons. The minimum absolute atomic E-state index is 0.0889. The molecule has 0 saturated carbocycles. The minimum atomic E-state index is -0.523. The van der Waals surface area contributed by atoms with Gasteiger partial charge >= 0.3 is 0 Å². The van der Waals surface area contributed by atoms with Gasteiger partial charge in [0.05, 0.1) is 11.1 Å². The molecule has 0 aliphatic rings. The third-order valence-electron chi connectivity index (χ3n) is 2.37. The van der Waals surface area contributed by atoms with Crippen LogP contribution >= 0.6 is 0 Å². The van der Waals surface area contributed by atoms with Crippen molar-refractivity contribution in [3.05, 3.63) is 28.1 Å². The fraction of sp³-hybridized carbons (Fsp3) is 0.545. The monoisotopic (exact) mass is 254 g/mol. The van der Waals surface area contributed by atoms with Crippen LogP contribution in [-0.4, -0.2) is 27.5 Å². The Balaban J connectivity index is 2.88. The molecule has 3 N–H and O–H groups in total. The smallest absolute Gasteiger partial charge is 0.287 e. The Morgan fingerprint density at radius 3 is 2.67 bits per heavy atom. The fourth-order valence-electron chi connectivity index (χ4n) is 1.45. The van der Waals surface area contributed by atoms with Crippen LogP contribution in [0.1, 0.15) is 31.3 Å². The Hall–Kier alpha value is -1.89. The van der Waals surface area contributed by atoms with Crippen LogP contribution in [-0.2, 0) is 6.54 Å². The van der Waals surface area contributed by atoms with Crippen molar-refractivity contribution in [2.75, 3.05) is 6.54 Å². The molecule has 0 saturated heterocycles. The summed E-state index contributed by atoms with van der Waals surface area (Å²) in [6.07, 6.45) is 1.35. The molecule has 18 heavy (non-hydrogen) atoms. The molecule has 0 unspecified atom stereocenters. The zero-order valence-electron chi connectivity index (χ0n) is 10.8. The second-order valence-corrected chi connectivity index (χ2v) is 4.80. The lowest BCUT2D eigenvalue weighted by Gasteiger charge is -2.19. The fourth-order valence-corrected chi connectivity index (χ4v) is 1.45.